The molecule has 148 valence electrons. The highest BCUT2D eigenvalue weighted by molar-refractivity contribution is 7.98. The number of benzene rings is 3. The molecule has 4 nitrogen and oxygen atoms in total. The van der Waals surface area contributed by atoms with E-state index in [0.29, 0.717) is 27.2 Å². The number of hydrogen-bond acceptors (Lipinski definition) is 4. The molecule has 2 heterocycles. The lowest BCUT2D eigenvalue weighted by Crippen LogP contribution is -2.29. The first-order valence-corrected chi connectivity index (χ1v) is 11.0. The summed E-state index contributed by atoms with van der Waals surface area (Å²) in [7, 11) is 0. The third kappa shape index (κ3) is 2.93. The fourth-order valence-electron chi connectivity index (χ4n) is 3.90. The zero-order chi connectivity index (χ0) is 20.8. The summed E-state index contributed by atoms with van der Waals surface area (Å²) in [5.41, 5.74) is 2.00. The predicted octanol–water partition coefficient (Wildman–Crippen LogP) is 5.92. The van der Waals surface area contributed by atoms with Crippen molar-refractivity contribution in [2.24, 2.45) is 0 Å². The molecule has 1 aromatic heterocycles. The highest BCUT2D eigenvalue weighted by Crippen LogP contribution is 2.41. The fourth-order valence-corrected chi connectivity index (χ4v) is 4.48. The molecule has 1 unspecified atom stereocenters. The highest BCUT2D eigenvalue weighted by Gasteiger charge is 2.43. The molecule has 1 amide bonds. The van der Waals surface area contributed by atoms with Crippen LogP contribution in [0.5, 0.6) is 0 Å². The van der Waals surface area contributed by atoms with E-state index in [1.54, 1.807) is 34.9 Å². The van der Waals surface area contributed by atoms with Crippen molar-refractivity contribution < 1.29 is 9.21 Å². The number of fused-ring (bicyclic) bond motifs is 2. The van der Waals surface area contributed by atoms with E-state index in [9.17, 15) is 9.59 Å². The van der Waals surface area contributed by atoms with Crippen molar-refractivity contribution in [2.45, 2.75) is 10.9 Å². The highest BCUT2D eigenvalue weighted by atomic mass is 35.5. The first kappa shape index (κ1) is 19.0. The van der Waals surface area contributed by atoms with Crippen molar-refractivity contribution in [3.05, 3.63) is 105 Å². The van der Waals surface area contributed by atoms with Gasteiger partial charge in [-0.15, -0.1) is 11.8 Å². The molecule has 1 atom stereocenters. The lowest BCUT2D eigenvalue weighted by atomic mass is 9.98. The zero-order valence-corrected chi connectivity index (χ0v) is 17.5. The summed E-state index contributed by atoms with van der Waals surface area (Å²) in [6.07, 6.45) is 2.00. The minimum absolute atomic E-state index is 0.0811. The standard InChI is InChI=1S/C24H16ClNO3S/c1-30-17-10-7-14(8-11-17)21-20-22(27)18-13-15(25)9-12-19(18)29-23(20)24(28)26(21)16-5-3-2-4-6-16/h2-13,21H,1H3. The van der Waals surface area contributed by atoms with Crippen LogP contribution in [0.25, 0.3) is 11.0 Å². The normalized spacial score (nSPS) is 15.6. The van der Waals surface area contributed by atoms with Crippen LogP contribution in [0, 0.1) is 0 Å². The van der Waals surface area contributed by atoms with Crippen molar-refractivity contribution in [1.82, 2.24) is 0 Å². The Morgan fingerprint density at radius 1 is 0.967 bits per heavy atom. The lowest BCUT2D eigenvalue weighted by Gasteiger charge is -2.25. The van der Waals surface area contributed by atoms with Crippen LogP contribution in [0.2, 0.25) is 5.02 Å². The average molecular weight is 434 g/mol. The number of anilines is 1. The SMILES string of the molecule is CSc1ccc(C2c3c(oc4ccc(Cl)cc4c3=O)C(=O)N2c2ccccc2)cc1. The number of hydrogen-bond donors (Lipinski definition) is 0. The number of amides is 1. The van der Waals surface area contributed by atoms with Gasteiger partial charge in [-0.05, 0) is 54.3 Å². The van der Waals surface area contributed by atoms with E-state index in [1.165, 1.54) is 0 Å². The quantitative estimate of drug-likeness (QED) is 0.376. The summed E-state index contributed by atoms with van der Waals surface area (Å²) in [5.74, 6) is -0.248. The van der Waals surface area contributed by atoms with Crippen LogP contribution in [0.15, 0.2) is 86.9 Å². The van der Waals surface area contributed by atoms with Crippen LogP contribution in [-0.2, 0) is 0 Å². The van der Waals surface area contributed by atoms with Gasteiger partial charge in [-0.2, -0.15) is 0 Å². The lowest BCUT2D eigenvalue weighted by molar-refractivity contribution is 0.0971. The maximum Gasteiger partial charge on any atom is 0.295 e. The van der Waals surface area contributed by atoms with Crippen molar-refractivity contribution in [2.75, 3.05) is 11.2 Å². The van der Waals surface area contributed by atoms with Crippen molar-refractivity contribution in [3.8, 4) is 0 Å². The van der Waals surface area contributed by atoms with Crippen molar-refractivity contribution in [1.29, 1.82) is 0 Å². The molecule has 3 aromatic carbocycles. The van der Waals surface area contributed by atoms with Crippen LogP contribution in [-0.4, -0.2) is 12.2 Å². The minimum Gasteiger partial charge on any atom is -0.450 e. The van der Waals surface area contributed by atoms with Gasteiger partial charge >= 0.3 is 0 Å². The van der Waals surface area contributed by atoms with Crippen LogP contribution in [0.1, 0.15) is 27.7 Å². The maximum absolute atomic E-state index is 13.5. The predicted molar refractivity (Wildman–Crippen MR) is 121 cm³/mol. The van der Waals surface area contributed by atoms with Gasteiger partial charge in [0.25, 0.3) is 5.91 Å². The van der Waals surface area contributed by atoms with E-state index < -0.39 is 6.04 Å². The molecule has 30 heavy (non-hydrogen) atoms. The van der Waals surface area contributed by atoms with Crippen LogP contribution in [0.4, 0.5) is 5.69 Å². The van der Waals surface area contributed by atoms with Gasteiger partial charge in [-0.25, -0.2) is 0 Å². The molecule has 0 spiro atoms. The molecule has 0 saturated carbocycles. The molecule has 5 rings (SSSR count). The molecule has 0 fully saturated rings. The minimum atomic E-state index is -0.578. The van der Waals surface area contributed by atoms with E-state index in [4.69, 9.17) is 16.0 Å². The summed E-state index contributed by atoms with van der Waals surface area (Å²) < 4.78 is 5.95. The van der Waals surface area contributed by atoms with Gasteiger partial charge in [0, 0.05) is 15.6 Å². The van der Waals surface area contributed by atoms with Gasteiger partial charge in [0.15, 0.2) is 5.43 Å². The summed E-state index contributed by atoms with van der Waals surface area (Å²) >= 11 is 7.76. The summed E-state index contributed by atoms with van der Waals surface area (Å²) in [4.78, 5) is 29.7. The molecule has 1 aliphatic heterocycles. The number of carbonyl (C=O) groups is 1. The Hall–Kier alpha value is -3.02. The Kier molecular flexibility index (Phi) is 4.65. The number of carbonyl (C=O) groups excluding carboxylic acids is 1. The van der Waals surface area contributed by atoms with Crippen LogP contribution >= 0.6 is 23.4 Å². The number of nitrogens with zero attached hydrogens (tertiary/aromatic N) is 1. The van der Waals surface area contributed by atoms with Gasteiger partial charge in [0.05, 0.1) is 17.0 Å². The molecule has 0 aliphatic carbocycles. The second-order valence-corrected chi connectivity index (χ2v) is 8.32. The van der Waals surface area contributed by atoms with Gasteiger partial charge in [0.2, 0.25) is 5.76 Å². The van der Waals surface area contributed by atoms with Crippen molar-refractivity contribution >= 4 is 45.9 Å². The number of thioether (sulfide) groups is 1. The number of para-hydroxylation sites is 1. The molecule has 0 N–H and O–H groups in total. The first-order valence-electron chi connectivity index (χ1n) is 9.37. The third-order valence-electron chi connectivity index (χ3n) is 5.30. The monoisotopic (exact) mass is 433 g/mol. The van der Waals surface area contributed by atoms with E-state index in [0.717, 1.165) is 10.5 Å². The smallest absolute Gasteiger partial charge is 0.295 e. The Morgan fingerprint density at radius 2 is 1.70 bits per heavy atom. The molecule has 0 bridgehead atoms. The Balaban J connectivity index is 1.80. The molecule has 0 saturated heterocycles. The van der Waals surface area contributed by atoms with E-state index >= 15 is 0 Å². The maximum atomic E-state index is 13.5. The van der Waals surface area contributed by atoms with Crippen LogP contribution in [0.3, 0.4) is 0 Å². The van der Waals surface area contributed by atoms with E-state index in [2.05, 4.69) is 0 Å². The molecule has 1 aliphatic rings. The van der Waals surface area contributed by atoms with Crippen LogP contribution < -0.4 is 10.3 Å². The molecular formula is C24H16ClNO3S. The number of halogens is 1. The summed E-state index contributed by atoms with van der Waals surface area (Å²) in [6, 6.07) is 21.5. The topological polar surface area (TPSA) is 50.5 Å². The second-order valence-electron chi connectivity index (χ2n) is 7.00. The Labute approximate surface area is 182 Å². The third-order valence-corrected chi connectivity index (χ3v) is 6.28. The zero-order valence-electron chi connectivity index (χ0n) is 16.0. The van der Waals surface area contributed by atoms with E-state index in [1.807, 2.05) is 60.9 Å². The van der Waals surface area contributed by atoms with E-state index in [-0.39, 0.29) is 17.1 Å². The van der Waals surface area contributed by atoms with Gasteiger partial charge in [-0.1, -0.05) is 41.9 Å². The first-order chi connectivity index (χ1) is 14.6. The summed E-state index contributed by atoms with van der Waals surface area (Å²) in [6.45, 7) is 0. The van der Waals surface area contributed by atoms with Gasteiger partial charge in [0.1, 0.15) is 5.58 Å². The molecule has 6 heteroatoms. The fraction of sp³-hybridized carbons (Fsp3) is 0.0833. The second kappa shape index (κ2) is 7.35. The number of rotatable bonds is 3. The average Bonchev–Trinajstić information content (AvgIpc) is 3.07. The van der Waals surface area contributed by atoms with Gasteiger partial charge in [-0.3, -0.25) is 14.5 Å². The largest absolute Gasteiger partial charge is 0.450 e. The van der Waals surface area contributed by atoms with Gasteiger partial charge < -0.3 is 4.42 Å². The van der Waals surface area contributed by atoms with Crippen molar-refractivity contribution in [3.63, 3.8) is 0 Å². The Bertz CT molecular complexity index is 1330. The molecular weight excluding hydrogens is 418 g/mol. The molecule has 4 aromatic rings. The summed E-state index contributed by atoms with van der Waals surface area (Å²) in [5, 5.41) is 0.814. The Morgan fingerprint density at radius 3 is 2.40 bits per heavy atom. The molecule has 0 radical (unpaired) electrons.